The van der Waals surface area contributed by atoms with Crippen LogP contribution in [0, 0.1) is 6.92 Å². The van der Waals surface area contributed by atoms with Crippen molar-refractivity contribution in [2.24, 2.45) is 0 Å². The first kappa shape index (κ1) is 17.4. The van der Waals surface area contributed by atoms with Crippen LogP contribution in [-0.4, -0.2) is 59.9 Å². The number of amides is 4. The summed E-state index contributed by atoms with van der Waals surface area (Å²) in [5.41, 5.74) is 2.59. The van der Waals surface area contributed by atoms with E-state index < -0.39 is 18.0 Å². The lowest BCUT2D eigenvalue weighted by molar-refractivity contribution is -0.133. The van der Waals surface area contributed by atoms with Gasteiger partial charge in [0.2, 0.25) is 5.91 Å². The molecule has 1 aromatic rings. The normalized spacial score (nSPS) is 21.6. The molecule has 7 heteroatoms. The van der Waals surface area contributed by atoms with E-state index in [9.17, 15) is 14.4 Å². The van der Waals surface area contributed by atoms with Gasteiger partial charge in [0.15, 0.2) is 0 Å². The van der Waals surface area contributed by atoms with Gasteiger partial charge in [-0.2, -0.15) is 0 Å². The highest BCUT2D eigenvalue weighted by molar-refractivity contribution is 6.05. The van der Waals surface area contributed by atoms with E-state index in [-0.39, 0.29) is 12.3 Å². The molecule has 4 amide bonds. The zero-order valence-electron chi connectivity index (χ0n) is 14.5. The van der Waals surface area contributed by atoms with Gasteiger partial charge in [-0.25, -0.2) is 4.79 Å². The number of hydrogen-bond acceptors (Lipinski definition) is 4. The molecular weight excluding hydrogens is 320 g/mol. The van der Waals surface area contributed by atoms with Gasteiger partial charge in [0.1, 0.15) is 6.04 Å². The van der Waals surface area contributed by atoms with Gasteiger partial charge < -0.3 is 10.2 Å². The van der Waals surface area contributed by atoms with Crippen molar-refractivity contribution in [3.63, 3.8) is 0 Å². The average molecular weight is 344 g/mol. The summed E-state index contributed by atoms with van der Waals surface area (Å²) in [7, 11) is 0. The smallest absolute Gasteiger partial charge is 0.322 e. The summed E-state index contributed by atoms with van der Waals surface area (Å²) in [5, 5.41) is 4.64. The van der Waals surface area contributed by atoms with E-state index in [1.807, 2.05) is 6.07 Å². The number of benzene rings is 1. The molecule has 0 aliphatic carbocycles. The fourth-order valence-electron chi connectivity index (χ4n) is 3.31. The minimum absolute atomic E-state index is 0.0232. The Bertz CT molecular complexity index is 676. The van der Waals surface area contributed by atoms with Crippen LogP contribution < -0.4 is 10.6 Å². The Hall–Kier alpha value is -2.41. The summed E-state index contributed by atoms with van der Waals surface area (Å²) in [6.07, 6.45) is 0.927. The Morgan fingerprint density at radius 2 is 1.96 bits per heavy atom. The van der Waals surface area contributed by atoms with Crippen molar-refractivity contribution in [3.8, 4) is 0 Å². The van der Waals surface area contributed by atoms with E-state index in [1.165, 1.54) is 11.1 Å². The second-order valence-corrected chi connectivity index (χ2v) is 6.66. The van der Waals surface area contributed by atoms with Crippen molar-refractivity contribution in [1.29, 1.82) is 0 Å². The lowest BCUT2D eigenvalue weighted by Gasteiger charge is -2.23. The predicted molar refractivity (Wildman–Crippen MR) is 92.7 cm³/mol. The number of rotatable bonds is 4. The van der Waals surface area contributed by atoms with E-state index >= 15 is 0 Å². The van der Waals surface area contributed by atoms with Crippen molar-refractivity contribution in [2.45, 2.75) is 32.4 Å². The van der Waals surface area contributed by atoms with Crippen molar-refractivity contribution in [1.82, 2.24) is 20.4 Å². The van der Waals surface area contributed by atoms with E-state index in [1.54, 1.807) is 4.90 Å². The quantitative estimate of drug-likeness (QED) is 0.785. The maximum atomic E-state index is 12.5. The number of nitrogens with zero attached hydrogens (tertiary/aromatic N) is 2. The van der Waals surface area contributed by atoms with Crippen molar-refractivity contribution < 1.29 is 14.4 Å². The number of urea groups is 1. The highest BCUT2D eigenvalue weighted by atomic mass is 16.2. The molecule has 2 fully saturated rings. The van der Waals surface area contributed by atoms with Crippen LogP contribution >= 0.6 is 0 Å². The number of carbonyl (C=O) groups excluding carboxylic acids is 3. The molecule has 3 rings (SSSR count). The first-order chi connectivity index (χ1) is 12.0. The van der Waals surface area contributed by atoms with Crippen LogP contribution in [0.15, 0.2) is 24.3 Å². The Morgan fingerprint density at radius 1 is 1.16 bits per heavy atom. The number of carbonyl (C=O) groups is 3. The minimum atomic E-state index is -0.744. The molecule has 2 aliphatic heterocycles. The topological polar surface area (TPSA) is 81.8 Å². The zero-order chi connectivity index (χ0) is 17.8. The molecular formula is C18H24N4O3. The third-order valence-electron chi connectivity index (χ3n) is 4.83. The van der Waals surface area contributed by atoms with Crippen LogP contribution in [0.3, 0.4) is 0 Å². The molecule has 0 radical (unpaired) electrons. The van der Waals surface area contributed by atoms with Crippen molar-refractivity contribution in [3.05, 3.63) is 35.4 Å². The number of aryl methyl sites for hydroxylation is 1. The standard InChI is InChI=1S/C18H24N4O3/c1-13-5-2-3-6-14(13)12-21-7-4-8-22(10-9-21)16(23)11-15-17(24)20-18(25)19-15/h2-3,5-6,15H,4,7-12H2,1H3,(H2,19,20,24,25)/t15-/m1/s1. The molecule has 25 heavy (non-hydrogen) atoms. The third kappa shape index (κ3) is 4.36. The fourth-order valence-corrected chi connectivity index (χ4v) is 3.31. The monoisotopic (exact) mass is 344 g/mol. The maximum absolute atomic E-state index is 12.5. The minimum Gasteiger partial charge on any atom is -0.341 e. The summed E-state index contributed by atoms with van der Waals surface area (Å²) in [6.45, 7) is 6.08. The average Bonchev–Trinajstić information content (AvgIpc) is 2.76. The van der Waals surface area contributed by atoms with Gasteiger partial charge in [-0.1, -0.05) is 24.3 Å². The molecule has 2 saturated heterocycles. The molecule has 0 aromatic heterocycles. The van der Waals surface area contributed by atoms with Crippen LogP contribution in [0.4, 0.5) is 4.79 Å². The predicted octanol–water partition coefficient (Wildman–Crippen LogP) is 0.627. The van der Waals surface area contributed by atoms with Gasteiger partial charge in [-0.15, -0.1) is 0 Å². The van der Waals surface area contributed by atoms with Gasteiger partial charge in [-0.3, -0.25) is 19.8 Å². The Balaban J connectivity index is 1.53. The fraction of sp³-hybridized carbons (Fsp3) is 0.500. The van der Waals surface area contributed by atoms with Crippen LogP contribution in [0.2, 0.25) is 0 Å². The van der Waals surface area contributed by atoms with Gasteiger partial charge in [0.25, 0.3) is 5.91 Å². The van der Waals surface area contributed by atoms with E-state index in [2.05, 4.69) is 40.7 Å². The summed E-state index contributed by atoms with van der Waals surface area (Å²) < 4.78 is 0. The number of hydrogen-bond donors (Lipinski definition) is 2. The van der Waals surface area contributed by atoms with Crippen molar-refractivity contribution >= 4 is 17.8 Å². The molecule has 2 N–H and O–H groups in total. The molecule has 0 unspecified atom stereocenters. The lowest BCUT2D eigenvalue weighted by atomic mass is 10.1. The summed E-state index contributed by atoms with van der Waals surface area (Å²) in [6, 6.07) is 7.08. The zero-order valence-corrected chi connectivity index (χ0v) is 14.5. The molecule has 2 heterocycles. The molecule has 1 aromatic carbocycles. The summed E-state index contributed by atoms with van der Waals surface area (Å²) >= 11 is 0. The second-order valence-electron chi connectivity index (χ2n) is 6.66. The van der Waals surface area contributed by atoms with E-state index in [0.29, 0.717) is 13.1 Å². The number of imide groups is 1. The molecule has 0 bridgehead atoms. The van der Waals surface area contributed by atoms with Crippen molar-refractivity contribution in [2.75, 3.05) is 26.2 Å². The molecule has 2 aliphatic rings. The third-order valence-corrected chi connectivity index (χ3v) is 4.83. The molecule has 0 spiro atoms. The van der Waals surface area contributed by atoms with Crippen LogP contribution in [0.25, 0.3) is 0 Å². The Morgan fingerprint density at radius 3 is 2.68 bits per heavy atom. The van der Waals surface area contributed by atoms with Gasteiger partial charge in [0, 0.05) is 32.7 Å². The summed E-state index contributed by atoms with van der Waals surface area (Å²) in [4.78, 5) is 39.3. The Kier molecular flexibility index (Phi) is 5.33. The van der Waals surface area contributed by atoms with Crippen LogP contribution in [0.5, 0.6) is 0 Å². The van der Waals surface area contributed by atoms with E-state index in [4.69, 9.17) is 0 Å². The van der Waals surface area contributed by atoms with Gasteiger partial charge >= 0.3 is 6.03 Å². The SMILES string of the molecule is Cc1ccccc1CN1CCCN(C(=O)C[C@H]2NC(=O)NC2=O)CC1. The maximum Gasteiger partial charge on any atom is 0.322 e. The summed E-state index contributed by atoms with van der Waals surface area (Å²) in [5.74, 6) is -0.505. The van der Waals surface area contributed by atoms with Gasteiger partial charge in [0.05, 0.1) is 6.42 Å². The molecule has 134 valence electrons. The molecule has 0 saturated carbocycles. The molecule has 7 nitrogen and oxygen atoms in total. The molecule has 1 atom stereocenters. The van der Waals surface area contributed by atoms with Gasteiger partial charge in [-0.05, 0) is 24.5 Å². The van der Waals surface area contributed by atoms with E-state index in [0.717, 1.165) is 26.1 Å². The largest absolute Gasteiger partial charge is 0.341 e. The first-order valence-corrected chi connectivity index (χ1v) is 8.69. The van der Waals surface area contributed by atoms with Crippen LogP contribution in [0.1, 0.15) is 24.0 Å². The highest BCUT2D eigenvalue weighted by Gasteiger charge is 2.33. The lowest BCUT2D eigenvalue weighted by Crippen LogP contribution is -2.40. The van der Waals surface area contributed by atoms with Crippen LogP contribution in [-0.2, 0) is 16.1 Å². The Labute approximate surface area is 147 Å². The second kappa shape index (κ2) is 7.65. The number of nitrogens with one attached hydrogen (secondary N) is 2. The first-order valence-electron chi connectivity index (χ1n) is 8.69. The highest BCUT2D eigenvalue weighted by Crippen LogP contribution is 2.13.